The number of halogens is 1. The first kappa shape index (κ1) is 15.2. The second-order valence-corrected chi connectivity index (χ2v) is 8.73. The molecule has 1 aliphatic heterocycles. The summed E-state index contributed by atoms with van der Waals surface area (Å²) in [5, 5.41) is 10.1. The second kappa shape index (κ2) is 4.83. The Morgan fingerprint density at radius 1 is 1.43 bits per heavy atom. The summed E-state index contributed by atoms with van der Waals surface area (Å²) in [6.45, 7) is 1.84. The van der Waals surface area contributed by atoms with Gasteiger partial charge in [-0.05, 0) is 25.0 Å². The third-order valence-corrected chi connectivity index (χ3v) is 6.41. The Hall–Kier alpha value is -1.35. The SMILES string of the molecule is CN(C1CC2(C1)CN(c1ccnn3cc(Cl)cc13)C2)S(N)(=O)=O. The Balaban J connectivity index is 1.46. The third-order valence-electron chi connectivity index (χ3n) is 5.10. The predicted molar refractivity (Wildman–Crippen MR) is 88.7 cm³/mol. The van der Waals surface area contributed by atoms with Gasteiger partial charge in [0.1, 0.15) is 0 Å². The van der Waals surface area contributed by atoms with E-state index in [1.54, 1.807) is 24.0 Å². The van der Waals surface area contributed by atoms with Gasteiger partial charge in [-0.2, -0.15) is 17.8 Å². The molecule has 0 bridgehead atoms. The highest BCUT2D eigenvalue weighted by Gasteiger charge is 2.54. The van der Waals surface area contributed by atoms with Crippen molar-refractivity contribution in [2.45, 2.75) is 18.9 Å². The van der Waals surface area contributed by atoms with Crippen LogP contribution in [0.15, 0.2) is 24.5 Å². The van der Waals surface area contributed by atoms with Crippen molar-refractivity contribution in [3.63, 3.8) is 0 Å². The molecule has 2 N–H and O–H groups in total. The molecule has 2 aliphatic rings. The number of aromatic nitrogens is 2. The van der Waals surface area contributed by atoms with Crippen LogP contribution in [-0.2, 0) is 10.2 Å². The summed E-state index contributed by atoms with van der Waals surface area (Å²) in [5.74, 6) is 0. The molecule has 2 fully saturated rings. The lowest BCUT2D eigenvalue weighted by molar-refractivity contribution is 0.0212. The average molecular weight is 356 g/mol. The Morgan fingerprint density at radius 2 is 2.13 bits per heavy atom. The Kier molecular flexibility index (Phi) is 3.19. The lowest BCUT2D eigenvalue weighted by atomic mass is 9.60. The van der Waals surface area contributed by atoms with E-state index in [0.717, 1.165) is 37.1 Å². The van der Waals surface area contributed by atoms with Crippen LogP contribution < -0.4 is 10.0 Å². The van der Waals surface area contributed by atoms with E-state index < -0.39 is 10.2 Å². The zero-order valence-electron chi connectivity index (χ0n) is 12.7. The summed E-state index contributed by atoms with van der Waals surface area (Å²) in [6.07, 6.45) is 5.28. The lowest BCUT2D eigenvalue weighted by Crippen LogP contribution is -2.67. The van der Waals surface area contributed by atoms with Crippen molar-refractivity contribution in [2.75, 3.05) is 25.0 Å². The van der Waals surface area contributed by atoms with Crippen LogP contribution in [0.25, 0.3) is 5.52 Å². The summed E-state index contributed by atoms with van der Waals surface area (Å²) in [6, 6.07) is 3.92. The van der Waals surface area contributed by atoms with Crippen molar-refractivity contribution in [1.29, 1.82) is 0 Å². The van der Waals surface area contributed by atoms with Gasteiger partial charge in [0.25, 0.3) is 10.2 Å². The van der Waals surface area contributed by atoms with Crippen molar-refractivity contribution in [3.8, 4) is 0 Å². The fraction of sp³-hybridized carbons (Fsp3) is 0.500. The quantitative estimate of drug-likeness (QED) is 0.893. The van der Waals surface area contributed by atoms with E-state index in [4.69, 9.17) is 16.7 Å². The van der Waals surface area contributed by atoms with Gasteiger partial charge in [-0.1, -0.05) is 11.6 Å². The fourth-order valence-corrected chi connectivity index (χ4v) is 4.59. The minimum atomic E-state index is -3.60. The first-order chi connectivity index (χ1) is 10.8. The Bertz CT molecular complexity index is 866. The summed E-state index contributed by atoms with van der Waals surface area (Å²) in [4.78, 5) is 2.29. The molecule has 0 aromatic carbocycles. The summed E-state index contributed by atoms with van der Waals surface area (Å²) in [7, 11) is -2.04. The predicted octanol–water partition coefficient (Wildman–Crippen LogP) is 1.09. The molecule has 1 spiro atoms. The number of hydrogen-bond acceptors (Lipinski definition) is 4. The third kappa shape index (κ3) is 2.40. The minimum Gasteiger partial charge on any atom is -0.368 e. The number of rotatable bonds is 3. The summed E-state index contributed by atoms with van der Waals surface area (Å²) < 4.78 is 25.8. The van der Waals surface area contributed by atoms with Gasteiger partial charge in [0.05, 0.1) is 16.2 Å². The molecular formula is C14H18ClN5O2S. The Labute approximate surface area is 139 Å². The molecule has 1 aliphatic carbocycles. The van der Waals surface area contributed by atoms with Crippen molar-refractivity contribution in [1.82, 2.24) is 13.9 Å². The van der Waals surface area contributed by atoms with E-state index in [1.807, 2.05) is 12.1 Å². The van der Waals surface area contributed by atoms with E-state index >= 15 is 0 Å². The molecule has 1 saturated heterocycles. The van der Waals surface area contributed by atoms with E-state index in [0.29, 0.717) is 5.02 Å². The smallest absolute Gasteiger partial charge is 0.276 e. The normalized spacial score (nSPS) is 21.0. The standard InChI is InChI=1S/C14H18ClN5O2S/c1-18(23(16,21)22)11-5-14(6-11)8-19(9-14)12-2-3-17-20-7-10(15)4-13(12)20/h2-4,7,11H,5-6,8-9H2,1H3,(H2,16,21,22). The highest BCUT2D eigenvalue weighted by molar-refractivity contribution is 7.86. The van der Waals surface area contributed by atoms with Crippen LogP contribution in [0, 0.1) is 5.41 Å². The van der Waals surface area contributed by atoms with Gasteiger partial charge in [0.2, 0.25) is 0 Å². The van der Waals surface area contributed by atoms with E-state index in [2.05, 4.69) is 10.00 Å². The molecule has 124 valence electrons. The molecule has 2 aromatic rings. The van der Waals surface area contributed by atoms with Crippen LogP contribution in [0.1, 0.15) is 12.8 Å². The maximum Gasteiger partial charge on any atom is 0.276 e. The maximum atomic E-state index is 11.4. The largest absolute Gasteiger partial charge is 0.368 e. The van der Waals surface area contributed by atoms with Gasteiger partial charge in [0.15, 0.2) is 0 Å². The maximum absolute atomic E-state index is 11.4. The molecule has 0 atom stereocenters. The highest BCUT2D eigenvalue weighted by atomic mass is 35.5. The van der Waals surface area contributed by atoms with Gasteiger partial charge < -0.3 is 4.90 Å². The monoisotopic (exact) mass is 355 g/mol. The molecule has 0 unspecified atom stereocenters. The molecule has 0 radical (unpaired) electrons. The average Bonchev–Trinajstić information content (AvgIpc) is 2.74. The van der Waals surface area contributed by atoms with E-state index in [1.165, 1.54) is 4.31 Å². The van der Waals surface area contributed by atoms with E-state index in [9.17, 15) is 8.42 Å². The molecule has 3 heterocycles. The molecule has 0 amide bonds. The van der Waals surface area contributed by atoms with Crippen LogP contribution in [0.3, 0.4) is 0 Å². The van der Waals surface area contributed by atoms with Crippen LogP contribution >= 0.6 is 11.6 Å². The van der Waals surface area contributed by atoms with Crippen molar-refractivity contribution < 1.29 is 8.42 Å². The number of hydrogen-bond donors (Lipinski definition) is 1. The molecular weight excluding hydrogens is 338 g/mol. The van der Waals surface area contributed by atoms with E-state index in [-0.39, 0.29) is 11.5 Å². The number of anilines is 1. The van der Waals surface area contributed by atoms with Crippen LogP contribution in [-0.4, -0.2) is 48.5 Å². The highest BCUT2D eigenvalue weighted by Crippen LogP contribution is 2.51. The molecule has 9 heteroatoms. The number of nitrogens with zero attached hydrogens (tertiary/aromatic N) is 4. The zero-order chi connectivity index (χ0) is 16.4. The van der Waals surface area contributed by atoms with Gasteiger partial charge in [0, 0.05) is 44.0 Å². The topological polar surface area (TPSA) is 83.9 Å². The second-order valence-electron chi connectivity index (χ2n) is 6.68. The molecule has 1 saturated carbocycles. The molecule has 23 heavy (non-hydrogen) atoms. The first-order valence-electron chi connectivity index (χ1n) is 7.41. The lowest BCUT2D eigenvalue weighted by Gasteiger charge is -2.60. The summed E-state index contributed by atoms with van der Waals surface area (Å²) in [5.41, 5.74) is 2.31. The zero-order valence-corrected chi connectivity index (χ0v) is 14.3. The van der Waals surface area contributed by atoms with Crippen molar-refractivity contribution >= 4 is 33.0 Å². The van der Waals surface area contributed by atoms with Crippen LogP contribution in [0.5, 0.6) is 0 Å². The van der Waals surface area contributed by atoms with Gasteiger partial charge >= 0.3 is 0 Å². The van der Waals surface area contributed by atoms with Gasteiger partial charge in [-0.15, -0.1) is 0 Å². The van der Waals surface area contributed by atoms with Gasteiger partial charge in [-0.25, -0.2) is 9.65 Å². The number of fused-ring (bicyclic) bond motifs is 1. The first-order valence-corrected chi connectivity index (χ1v) is 9.29. The Morgan fingerprint density at radius 3 is 2.78 bits per heavy atom. The minimum absolute atomic E-state index is 0.0207. The van der Waals surface area contributed by atoms with Crippen LogP contribution in [0.2, 0.25) is 5.02 Å². The van der Waals surface area contributed by atoms with Crippen LogP contribution in [0.4, 0.5) is 5.69 Å². The fourth-order valence-electron chi connectivity index (χ4n) is 3.83. The molecule has 7 nitrogen and oxygen atoms in total. The number of nitrogens with two attached hydrogens (primary N) is 1. The molecule has 4 rings (SSSR count). The van der Waals surface area contributed by atoms with Crippen molar-refractivity contribution in [2.24, 2.45) is 10.6 Å². The van der Waals surface area contributed by atoms with Gasteiger partial charge in [-0.3, -0.25) is 0 Å². The summed E-state index contributed by atoms with van der Waals surface area (Å²) >= 11 is 6.06. The molecule has 2 aromatic heterocycles. The van der Waals surface area contributed by atoms with Crippen molar-refractivity contribution in [3.05, 3.63) is 29.5 Å².